The highest BCUT2D eigenvalue weighted by molar-refractivity contribution is 6.31. The van der Waals surface area contributed by atoms with Gasteiger partial charge >= 0.3 is 0 Å². The Morgan fingerprint density at radius 2 is 1.82 bits per heavy atom. The van der Waals surface area contributed by atoms with Gasteiger partial charge in [0.1, 0.15) is 0 Å². The number of carbonyl (C=O) groups is 1. The van der Waals surface area contributed by atoms with Crippen LogP contribution in [0.5, 0.6) is 0 Å². The van der Waals surface area contributed by atoms with Gasteiger partial charge in [-0.05, 0) is 50.3 Å². The number of carbonyl (C=O) groups excluding carboxylic acids is 1. The van der Waals surface area contributed by atoms with Crippen LogP contribution in [0.2, 0.25) is 5.02 Å². The lowest BCUT2D eigenvalue weighted by Gasteiger charge is -2.34. The standard InChI is InChI=1S/C18H27ClN2O/c1-14-8-10-16(11-9-14)21(3)18(22)13-20(2)12-15-6-4-5-7-17(15)19/h4-7,14,16H,8-13H2,1-3H3. The van der Waals surface area contributed by atoms with Crippen LogP contribution in [0.15, 0.2) is 24.3 Å². The van der Waals surface area contributed by atoms with Crippen molar-refractivity contribution in [3.05, 3.63) is 34.9 Å². The molecule has 0 heterocycles. The number of rotatable bonds is 5. The lowest BCUT2D eigenvalue weighted by atomic mass is 9.87. The molecule has 0 saturated heterocycles. The first-order chi connectivity index (χ1) is 10.5. The number of nitrogens with zero attached hydrogens (tertiary/aromatic N) is 2. The molecule has 1 saturated carbocycles. The Kier molecular flexibility index (Phi) is 6.27. The van der Waals surface area contributed by atoms with E-state index in [4.69, 9.17) is 11.6 Å². The SMILES string of the molecule is CC1CCC(N(C)C(=O)CN(C)Cc2ccccc2Cl)CC1. The van der Waals surface area contributed by atoms with Crippen molar-refractivity contribution in [2.45, 2.75) is 45.2 Å². The number of likely N-dealkylation sites (N-methyl/N-ethyl adjacent to an activating group) is 2. The number of halogens is 1. The fourth-order valence-corrected chi connectivity index (χ4v) is 3.34. The third-order valence-electron chi connectivity index (χ3n) is 4.73. The largest absolute Gasteiger partial charge is 0.342 e. The summed E-state index contributed by atoms with van der Waals surface area (Å²) in [6.07, 6.45) is 4.74. The molecule has 1 aromatic carbocycles. The number of hydrogen-bond acceptors (Lipinski definition) is 2. The van der Waals surface area contributed by atoms with Gasteiger partial charge in [0.05, 0.1) is 6.54 Å². The van der Waals surface area contributed by atoms with Crippen LogP contribution in [0, 0.1) is 5.92 Å². The first-order valence-electron chi connectivity index (χ1n) is 8.15. The van der Waals surface area contributed by atoms with Crippen molar-refractivity contribution in [3.8, 4) is 0 Å². The van der Waals surface area contributed by atoms with E-state index < -0.39 is 0 Å². The second-order valence-electron chi connectivity index (χ2n) is 6.68. The van der Waals surface area contributed by atoms with Gasteiger partial charge in [-0.15, -0.1) is 0 Å². The molecule has 0 aromatic heterocycles. The minimum absolute atomic E-state index is 0.203. The number of benzene rings is 1. The summed E-state index contributed by atoms with van der Waals surface area (Å²) in [5, 5.41) is 0.761. The molecule has 2 rings (SSSR count). The molecular weight excluding hydrogens is 296 g/mol. The molecule has 122 valence electrons. The minimum atomic E-state index is 0.203. The monoisotopic (exact) mass is 322 g/mol. The molecule has 0 bridgehead atoms. The van der Waals surface area contributed by atoms with Crippen LogP contribution >= 0.6 is 11.6 Å². The number of hydrogen-bond donors (Lipinski definition) is 0. The highest BCUT2D eigenvalue weighted by Crippen LogP contribution is 2.26. The van der Waals surface area contributed by atoms with Crippen molar-refractivity contribution in [2.75, 3.05) is 20.6 Å². The predicted molar refractivity (Wildman–Crippen MR) is 92.0 cm³/mol. The minimum Gasteiger partial charge on any atom is -0.342 e. The summed E-state index contributed by atoms with van der Waals surface area (Å²) < 4.78 is 0. The fourth-order valence-electron chi connectivity index (χ4n) is 3.15. The zero-order chi connectivity index (χ0) is 16.1. The first kappa shape index (κ1) is 17.3. The van der Waals surface area contributed by atoms with Crippen molar-refractivity contribution in [1.29, 1.82) is 0 Å². The van der Waals surface area contributed by atoms with Crippen molar-refractivity contribution < 1.29 is 4.79 Å². The molecule has 1 amide bonds. The van der Waals surface area contributed by atoms with E-state index in [1.165, 1.54) is 12.8 Å². The predicted octanol–water partition coefficient (Wildman–Crippen LogP) is 3.81. The molecule has 22 heavy (non-hydrogen) atoms. The van der Waals surface area contributed by atoms with Gasteiger partial charge in [0.2, 0.25) is 5.91 Å². The summed E-state index contributed by atoms with van der Waals surface area (Å²) in [5.41, 5.74) is 1.06. The smallest absolute Gasteiger partial charge is 0.236 e. The quantitative estimate of drug-likeness (QED) is 0.823. The Labute approximate surface area is 139 Å². The molecule has 0 aliphatic heterocycles. The van der Waals surface area contributed by atoms with E-state index in [0.29, 0.717) is 19.1 Å². The van der Waals surface area contributed by atoms with Crippen LogP contribution in [0.25, 0.3) is 0 Å². The highest BCUT2D eigenvalue weighted by atomic mass is 35.5. The van der Waals surface area contributed by atoms with Crippen LogP contribution in [0.1, 0.15) is 38.2 Å². The van der Waals surface area contributed by atoms with E-state index in [-0.39, 0.29) is 5.91 Å². The van der Waals surface area contributed by atoms with Crippen LogP contribution < -0.4 is 0 Å². The molecular formula is C18H27ClN2O. The van der Waals surface area contributed by atoms with Crippen molar-refractivity contribution in [1.82, 2.24) is 9.80 Å². The molecule has 0 radical (unpaired) electrons. The maximum atomic E-state index is 12.5. The van der Waals surface area contributed by atoms with E-state index in [1.54, 1.807) is 0 Å². The highest BCUT2D eigenvalue weighted by Gasteiger charge is 2.25. The molecule has 0 N–H and O–H groups in total. The lowest BCUT2D eigenvalue weighted by Crippen LogP contribution is -2.43. The van der Waals surface area contributed by atoms with E-state index in [0.717, 1.165) is 29.3 Å². The zero-order valence-corrected chi connectivity index (χ0v) is 14.6. The van der Waals surface area contributed by atoms with E-state index >= 15 is 0 Å². The third-order valence-corrected chi connectivity index (χ3v) is 5.10. The molecule has 0 spiro atoms. The summed E-state index contributed by atoms with van der Waals surface area (Å²) in [6, 6.07) is 8.22. The molecule has 1 aliphatic carbocycles. The Balaban J connectivity index is 1.84. The van der Waals surface area contributed by atoms with E-state index in [9.17, 15) is 4.79 Å². The van der Waals surface area contributed by atoms with Crippen molar-refractivity contribution in [2.24, 2.45) is 5.92 Å². The molecule has 0 unspecified atom stereocenters. The molecule has 0 atom stereocenters. The van der Waals surface area contributed by atoms with Gasteiger partial charge < -0.3 is 4.90 Å². The lowest BCUT2D eigenvalue weighted by molar-refractivity contribution is -0.133. The molecule has 4 heteroatoms. The summed E-state index contributed by atoms with van der Waals surface area (Å²) in [6.45, 7) is 3.43. The van der Waals surface area contributed by atoms with Gasteiger partial charge in [-0.3, -0.25) is 9.69 Å². The molecule has 1 aromatic rings. The number of amides is 1. The fraction of sp³-hybridized carbons (Fsp3) is 0.611. The van der Waals surface area contributed by atoms with E-state index in [1.807, 2.05) is 48.2 Å². The van der Waals surface area contributed by atoms with E-state index in [2.05, 4.69) is 6.92 Å². The average molecular weight is 323 g/mol. The summed E-state index contributed by atoms with van der Waals surface area (Å²) >= 11 is 6.18. The average Bonchev–Trinajstić information content (AvgIpc) is 2.49. The summed E-state index contributed by atoms with van der Waals surface area (Å²) in [5.74, 6) is 1.01. The van der Waals surface area contributed by atoms with Crippen LogP contribution in [-0.4, -0.2) is 42.4 Å². The van der Waals surface area contributed by atoms with Gasteiger partial charge in [-0.1, -0.05) is 36.7 Å². The summed E-state index contributed by atoms with van der Waals surface area (Å²) in [4.78, 5) is 16.4. The molecule has 1 fully saturated rings. The first-order valence-corrected chi connectivity index (χ1v) is 8.52. The van der Waals surface area contributed by atoms with Crippen molar-refractivity contribution in [3.63, 3.8) is 0 Å². The summed E-state index contributed by atoms with van der Waals surface area (Å²) in [7, 11) is 3.92. The van der Waals surface area contributed by atoms with Crippen LogP contribution in [0.4, 0.5) is 0 Å². The van der Waals surface area contributed by atoms with Gasteiger partial charge in [0.25, 0.3) is 0 Å². The second kappa shape index (κ2) is 7.98. The van der Waals surface area contributed by atoms with Gasteiger partial charge in [0, 0.05) is 24.7 Å². The third kappa shape index (κ3) is 4.72. The maximum absolute atomic E-state index is 12.5. The second-order valence-corrected chi connectivity index (χ2v) is 7.09. The Hall–Kier alpha value is -1.06. The van der Waals surface area contributed by atoms with Crippen molar-refractivity contribution >= 4 is 17.5 Å². The van der Waals surface area contributed by atoms with Gasteiger partial charge in [-0.25, -0.2) is 0 Å². The van der Waals surface area contributed by atoms with Gasteiger partial charge in [-0.2, -0.15) is 0 Å². The van der Waals surface area contributed by atoms with Crippen LogP contribution in [0.3, 0.4) is 0 Å². The Morgan fingerprint density at radius 3 is 2.45 bits per heavy atom. The van der Waals surface area contributed by atoms with Crippen LogP contribution in [-0.2, 0) is 11.3 Å². The Bertz CT molecular complexity index is 498. The molecule has 1 aliphatic rings. The normalized spacial score (nSPS) is 21.9. The molecule has 3 nitrogen and oxygen atoms in total. The Morgan fingerprint density at radius 1 is 1.18 bits per heavy atom. The maximum Gasteiger partial charge on any atom is 0.236 e. The zero-order valence-electron chi connectivity index (χ0n) is 13.9. The van der Waals surface area contributed by atoms with Gasteiger partial charge in [0.15, 0.2) is 0 Å². The topological polar surface area (TPSA) is 23.6 Å².